The van der Waals surface area contributed by atoms with Gasteiger partial charge in [0.05, 0.1) is 17.3 Å². The number of carbonyl (C=O) groups excluding carboxylic acids is 2. The third kappa shape index (κ3) is 4.22. The highest BCUT2D eigenvalue weighted by molar-refractivity contribution is 6.33. The number of benzene rings is 1. The molecule has 1 saturated heterocycles. The summed E-state index contributed by atoms with van der Waals surface area (Å²) in [5.41, 5.74) is 0.602. The highest BCUT2D eigenvalue weighted by Crippen LogP contribution is 2.19. The van der Waals surface area contributed by atoms with Crippen molar-refractivity contribution in [3.8, 4) is 0 Å². The van der Waals surface area contributed by atoms with Gasteiger partial charge in [-0.1, -0.05) is 23.7 Å². The minimum atomic E-state index is -0.155. The molecule has 0 aliphatic carbocycles. The molecule has 0 aromatic heterocycles. The molecule has 0 spiro atoms. The van der Waals surface area contributed by atoms with Gasteiger partial charge in [-0.15, -0.1) is 0 Å². The second-order valence-corrected chi connectivity index (χ2v) is 4.87. The van der Waals surface area contributed by atoms with Gasteiger partial charge < -0.3 is 16.0 Å². The van der Waals surface area contributed by atoms with E-state index in [-0.39, 0.29) is 24.4 Å². The van der Waals surface area contributed by atoms with E-state index in [1.807, 2.05) is 6.07 Å². The summed E-state index contributed by atoms with van der Waals surface area (Å²) >= 11 is 5.94. The first-order valence-electron chi connectivity index (χ1n) is 6.19. The fourth-order valence-electron chi connectivity index (χ4n) is 1.95. The lowest BCUT2D eigenvalue weighted by Gasteiger charge is -2.11. The van der Waals surface area contributed by atoms with Crippen molar-refractivity contribution in [1.82, 2.24) is 10.6 Å². The van der Waals surface area contributed by atoms with Crippen molar-refractivity contribution in [3.63, 3.8) is 0 Å². The van der Waals surface area contributed by atoms with E-state index in [0.717, 1.165) is 6.42 Å². The summed E-state index contributed by atoms with van der Waals surface area (Å²) in [6.07, 6.45) is 1.39. The number of hydrogen-bond donors (Lipinski definition) is 3. The minimum absolute atomic E-state index is 0.0762. The third-order valence-electron chi connectivity index (χ3n) is 2.91. The van der Waals surface area contributed by atoms with E-state index in [1.54, 1.807) is 18.2 Å². The molecule has 6 heteroatoms. The Balaban J connectivity index is 1.70. The van der Waals surface area contributed by atoms with E-state index in [1.165, 1.54) is 0 Å². The average Bonchev–Trinajstić information content (AvgIpc) is 2.78. The molecule has 5 nitrogen and oxygen atoms in total. The van der Waals surface area contributed by atoms with Gasteiger partial charge in [-0.2, -0.15) is 0 Å². The number of para-hydroxylation sites is 1. The number of amides is 2. The number of anilines is 1. The van der Waals surface area contributed by atoms with Crippen molar-refractivity contribution in [1.29, 1.82) is 0 Å². The molecule has 19 heavy (non-hydrogen) atoms. The highest BCUT2D eigenvalue weighted by atomic mass is 35.5. The van der Waals surface area contributed by atoms with Crippen LogP contribution in [0.15, 0.2) is 24.3 Å². The minimum Gasteiger partial charge on any atom is -0.352 e. The molecular weight excluding hydrogens is 266 g/mol. The van der Waals surface area contributed by atoms with Crippen molar-refractivity contribution in [2.45, 2.75) is 18.9 Å². The Kier molecular flexibility index (Phi) is 4.76. The van der Waals surface area contributed by atoms with Crippen LogP contribution in [0, 0.1) is 0 Å². The zero-order chi connectivity index (χ0) is 13.7. The highest BCUT2D eigenvalue weighted by Gasteiger charge is 2.20. The summed E-state index contributed by atoms with van der Waals surface area (Å²) in [6.45, 7) is 0.791. The lowest BCUT2D eigenvalue weighted by molar-refractivity contribution is -0.119. The number of carbonyl (C=O) groups is 2. The van der Waals surface area contributed by atoms with Crippen molar-refractivity contribution in [2.75, 3.05) is 18.4 Å². The van der Waals surface area contributed by atoms with Crippen LogP contribution < -0.4 is 16.0 Å². The van der Waals surface area contributed by atoms with Crippen molar-refractivity contribution in [2.24, 2.45) is 0 Å². The van der Waals surface area contributed by atoms with E-state index < -0.39 is 0 Å². The standard InChI is InChI=1S/C13H16ClN3O2/c14-10-3-1-2-4-11(10)17-13(19)8-15-7-9-5-6-12(18)16-9/h1-4,9,15H,5-8H2,(H,16,18)(H,17,19). The summed E-state index contributed by atoms with van der Waals surface area (Å²) in [6, 6.07) is 7.21. The molecule has 3 N–H and O–H groups in total. The summed E-state index contributed by atoms with van der Waals surface area (Å²) < 4.78 is 0. The summed E-state index contributed by atoms with van der Waals surface area (Å²) in [5, 5.41) is 9.09. The lowest BCUT2D eigenvalue weighted by atomic mass is 10.2. The van der Waals surface area contributed by atoms with Crippen LogP contribution in [0.3, 0.4) is 0 Å². The van der Waals surface area contributed by atoms with Crippen LogP contribution >= 0.6 is 11.6 Å². The molecule has 1 atom stereocenters. The van der Waals surface area contributed by atoms with E-state index in [0.29, 0.717) is 23.7 Å². The largest absolute Gasteiger partial charge is 0.352 e. The van der Waals surface area contributed by atoms with Crippen molar-refractivity contribution in [3.05, 3.63) is 29.3 Å². The molecule has 0 bridgehead atoms. The Labute approximate surface area is 116 Å². The maximum atomic E-state index is 11.7. The molecule has 102 valence electrons. The Hall–Kier alpha value is -1.59. The summed E-state index contributed by atoms with van der Waals surface area (Å²) in [5.74, 6) is -0.0789. The number of halogens is 1. The Morgan fingerprint density at radius 1 is 1.42 bits per heavy atom. The SMILES string of the molecule is O=C(CNCC1CCC(=O)N1)Nc1ccccc1Cl. The van der Waals surface area contributed by atoms with Gasteiger partial charge in [0, 0.05) is 19.0 Å². The van der Waals surface area contributed by atoms with Gasteiger partial charge in [-0.3, -0.25) is 9.59 Å². The van der Waals surface area contributed by atoms with Crippen LogP contribution in [-0.4, -0.2) is 30.9 Å². The van der Waals surface area contributed by atoms with Crippen LogP contribution in [-0.2, 0) is 9.59 Å². The first-order chi connectivity index (χ1) is 9.15. The summed E-state index contributed by atoms with van der Waals surface area (Å²) in [4.78, 5) is 22.7. The van der Waals surface area contributed by atoms with Gasteiger partial charge in [-0.25, -0.2) is 0 Å². The van der Waals surface area contributed by atoms with Crippen LogP contribution in [0.4, 0.5) is 5.69 Å². The van der Waals surface area contributed by atoms with Crippen molar-refractivity contribution < 1.29 is 9.59 Å². The van der Waals surface area contributed by atoms with E-state index in [4.69, 9.17) is 11.6 Å². The molecule has 1 heterocycles. The van der Waals surface area contributed by atoms with Gasteiger partial charge in [0.2, 0.25) is 11.8 Å². The van der Waals surface area contributed by atoms with Gasteiger partial charge in [0.15, 0.2) is 0 Å². The smallest absolute Gasteiger partial charge is 0.238 e. The predicted octanol–water partition coefficient (Wildman–Crippen LogP) is 1.15. The predicted molar refractivity (Wildman–Crippen MR) is 74.1 cm³/mol. The Morgan fingerprint density at radius 3 is 2.89 bits per heavy atom. The summed E-state index contributed by atoms with van der Waals surface area (Å²) in [7, 11) is 0. The van der Waals surface area contributed by atoms with Crippen LogP contribution in [0.1, 0.15) is 12.8 Å². The zero-order valence-corrected chi connectivity index (χ0v) is 11.2. The van der Waals surface area contributed by atoms with E-state index in [9.17, 15) is 9.59 Å². The fraction of sp³-hybridized carbons (Fsp3) is 0.385. The zero-order valence-electron chi connectivity index (χ0n) is 10.4. The molecule has 1 unspecified atom stereocenters. The molecular formula is C13H16ClN3O2. The first kappa shape index (κ1) is 13.8. The van der Waals surface area contributed by atoms with Gasteiger partial charge in [0.1, 0.15) is 0 Å². The molecule has 1 aliphatic heterocycles. The molecule has 0 saturated carbocycles. The molecule has 2 rings (SSSR count). The molecule has 1 aliphatic rings. The molecule has 0 radical (unpaired) electrons. The number of nitrogens with one attached hydrogen (secondary N) is 3. The maximum absolute atomic E-state index is 11.7. The van der Waals surface area contributed by atoms with Gasteiger partial charge in [-0.05, 0) is 18.6 Å². The Bertz CT molecular complexity index is 479. The normalized spacial score (nSPS) is 18.2. The van der Waals surface area contributed by atoms with Crippen LogP contribution in [0.2, 0.25) is 5.02 Å². The van der Waals surface area contributed by atoms with Crippen LogP contribution in [0.25, 0.3) is 0 Å². The third-order valence-corrected chi connectivity index (χ3v) is 3.24. The number of hydrogen-bond acceptors (Lipinski definition) is 3. The quantitative estimate of drug-likeness (QED) is 0.758. The molecule has 1 aromatic rings. The Morgan fingerprint density at radius 2 is 2.21 bits per heavy atom. The number of rotatable bonds is 5. The average molecular weight is 282 g/mol. The van der Waals surface area contributed by atoms with Crippen molar-refractivity contribution >= 4 is 29.1 Å². The van der Waals surface area contributed by atoms with Gasteiger partial charge >= 0.3 is 0 Å². The topological polar surface area (TPSA) is 70.2 Å². The molecule has 1 fully saturated rings. The van der Waals surface area contributed by atoms with Crippen LogP contribution in [0.5, 0.6) is 0 Å². The molecule has 1 aromatic carbocycles. The molecule has 2 amide bonds. The first-order valence-corrected chi connectivity index (χ1v) is 6.57. The second kappa shape index (κ2) is 6.54. The monoisotopic (exact) mass is 281 g/mol. The maximum Gasteiger partial charge on any atom is 0.238 e. The van der Waals surface area contributed by atoms with E-state index >= 15 is 0 Å². The lowest BCUT2D eigenvalue weighted by Crippen LogP contribution is -2.38. The van der Waals surface area contributed by atoms with E-state index in [2.05, 4.69) is 16.0 Å². The fourth-order valence-corrected chi connectivity index (χ4v) is 2.13. The second-order valence-electron chi connectivity index (χ2n) is 4.46. The van der Waals surface area contributed by atoms with Gasteiger partial charge in [0.25, 0.3) is 0 Å².